The molecule has 2 heteroatoms. The monoisotopic (exact) mass is 315 g/mol. The molecule has 2 nitrogen and oxygen atoms in total. The van der Waals surface area contributed by atoms with Crippen LogP contribution >= 0.6 is 0 Å². The lowest BCUT2D eigenvalue weighted by Crippen LogP contribution is -2.16. The zero-order valence-corrected chi connectivity index (χ0v) is 14.0. The molecule has 0 heterocycles. The molecule has 0 aliphatic carbocycles. The van der Waals surface area contributed by atoms with Crippen molar-refractivity contribution in [1.29, 1.82) is 0 Å². The third-order valence-electron chi connectivity index (χ3n) is 4.00. The molecule has 3 aromatic rings. The van der Waals surface area contributed by atoms with Crippen molar-refractivity contribution >= 4 is 11.6 Å². The first-order valence-corrected chi connectivity index (χ1v) is 8.07. The van der Waals surface area contributed by atoms with Gasteiger partial charge in [0.25, 0.3) is 0 Å². The maximum atomic E-state index is 5.71. The van der Waals surface area contributed by atoms with Crippen LogP contribution in [0.1, 0.15) is 22.6 Å². The molecular weight excluding hydrogens is 294 g/mol. The van der Waals surface area contributed by atoms with Crippen LogP contribution in [0.5, 0.6) is 0 Å². The van der Waals surface area contributed by atoms with Crippen molar-refractivity contribution in [3.05, 3.63) is 102 Å². The molecule has 0 atom stereocenters. The molecule has 0 saturated carbocycles. The number of aliphatic imine (C=N–C) groups is 1. The Morgan fingerprint density at radius 2 is 1.25 bits per heavy atom. The fourth-order valence-electron chi connectivity index (χ4n) is 2.74. The van der Waals surface area contributed by atoms with E-state index in [0.717, 1.165) is 16.8 Å². The third-order valence-corrected chi connectivity index (χ3v) is 4.00. The molecule has 24 heavy (non-hydrogen) atoms. The van der Waals surface area contributed by atoms with Crippen LogP contribution in [0, 0.1) is 6.92 Å². The summed E-state index contributed by atoms with van der Waals surface area (Å²) in [4.78, 5) is 4.77. The lowest BCUT2D eigenvalue weighted by Gasteiger charge is -2.19. The van der Waals surface area contributed by atoms with Crippen LogP contribution in [0.25, 0.3) is 0 Å². The van der Waals surface area contributed by atoms with Gasteiger partial charge < -0.3 is 4.74 Å². The Morgan fingerprint density at radius 1 is 0.750 bits per heavy atom. The van der Waals surface area contributed by atoms with Crippen LogP contribution in [0.2, 0.25) is 0 Å². The summed E-state index contributed by atoms with van der Waals surface area (Å²) in [5.74, 6) is 0.662. The zero-order chi connectivity index (χ0) is 16.8. The number of ether oxygens (including phenoxy) is 1. The van der Waals surface area contributed by atoms with Gasteiger partial charge in [0.05, 0.1) is 18.7 Å². The van der Waals surface area contributed by atoms with E-state index in [-0.39, 0.29) is 5.92 Å². The first kappa shape index (κ1) is 16.0. The van der Waals surface area contributed by atoms with E-state index in [9.17, 15) is 0 Å². The van der Waals surface area contributed by atoms with Crippen LogP contribution in [-0.4, -0.2) is 13.0 Å². The van der Waals surface area contributed by atoms with Gasteiger partial charge in [0.1, 0.15) is 0 Å². The van der Waals surface area contributed by atoms with Crippen molar-refractivity contribution in [3.8, 4) is 0 Å². The summed E-state index contributed by atoms with van der Waals surface area (Å²) in [6.45, 7) is 2.07. The lowest BCUT2D eigenvalue weighted by atomic mass is 9.91. The normalized spacial score (nSPS) is 11.5. The van der Waals surface area contributed by atoms with Crippen LogP contribution in [-0.2, 0) is 4.74 Å². The van der Waals surface area contributed by atoms with Gasteiger partial charge in [0.15, 0.2) is 5.90 Å². The average molecular weight is 315 g/mol. The summed E-state index contributed by atoms with van der Waals surface area (Å²) >= 11 is 0. The van der Waals surface area contributed by atoms with Gasteiger partial charge in [0.2, 0.25) is 0 Å². The minimum absolute atomic E-state index is 0.0290. The molecule has 120 valence electrons. The topological polar surface area (TPSA) is 21.6 Å². The predicted molar refractivity (Wildman–Crippen MR) is 100 cm³/mol. The highest BCUT2D eigenvalue weighted by Gasteiger charge is 2.21. The first-order chi connectivity index (χ1) is 11.8. The maximum absolute atomic E-state index is 5.71. The molecule has 0 aliphatic rings. The summed E-state index contributed by atoms with van der Waals surface area (Å²) in [5.41, 5.74) is 4.44. The summed E-state index contributed by atoms with van der Waals surface area (Å²) in [5, 5.41) is 0. The molecule has 3 aromatic carbocycles. The van der Waals surface area contributed by atoms with E-state index in [1.165, 1.54) is 5.56 Å². The molecule has 0 N–H and O–H groups in total. The number of benzene rings is 3. The number of hydrogen-bond donors (Lipinski definition) is 0. The molecule has 0 fully saturated rings. The van der Waals surface area contributed by atoms with E-state index >= 15 is 0 Å². The van der Waals surface area contributed by atoms with E-state index in [0.29, 0.717) is 5.90 Å². The van der Waals surface area contributed by atoms with E-state index in [1.807, 2.05) is 48.5 Å². The molecule has 0 amide bonds. The second-order valence-corrected chi connectivity index (χ2v) is 5.74. The van der Waals surface area contributed by atoms with Crippen LogP contribution in [0.15, 0.2) is 89.9 Å². The minimum atomic E-state index is -0.0290. The Balaban J connectivity index is 2.07. The summed E-state index contributed by atoms with van der Waals surface area (Å²) in [7, 11) is 1.69. The third kappa shape index (κ3) is 3.72. The first-order valence-electron chi connectivity index (χ1n) is 8.07. The summed E-state index contributed by atoms with van der Waals surface area (Å²) in [6.07, 6.45) is 0. The fourth-order valence-corrected chi connectivity index (χ4v) is 2.74. The van der Waals surface area contributed by atoms with E-state index in [2.05, 4.69) is 43.3 Å². The molecule has 0 bridgehead atoms. The second kappa shape index (κ2) is 7.60. The van der Waals surface area contributed by atoms with Crippen molar-refractivity contribution in [3.63, 3.8) is 0 Å². The smallest absolute Gasteiger partial charge is 0.200 e. The molecule has 0 aromatic heterocycles. The molecular formula is C22H21NO. The summed E-state index contributed by atoms with van der Waals surface area (Å²) < 4.78 is 5.71. The standard InChI is InChI=1S/C22H21NO/c1-17-13-15-20(16-14-17)23-22(24-2)21(18-9-5-3-6-10-18)19-11-7-4-8-12-19/h3-16,21H,1-2H3. The number of rotatable bonds is 4. The largest absolute Gasteiger partial charge is 0.483 e. The Bertz CT molecular complexity index is 753. The Hall–Kier alpha value is -2.87. The Kier molecular flexibility index (Phi) is 5.07. The highest BCUT2D eigenvalue weighted by molar-refractivity contribution is 5.89. The number of methoxy groups -OCH3 is 1. The van der Waals surface area contributed by atoms with Crippen molar-refractivity contribution in [2.45, 2.75) is 12.8 Å². The van der Waals surface area contributed by atoms with Crippen molar-refractivity contribution < 1.29 is 4.74 Å². The van der Waals surface area contributed by atoms with E-state index in [1.54, 1.807) is 7.11 Å². The molecule has 0 spiro atoms. The quantitative estimate of drug-likeness (QED) is 0.460. The van der Waals surface area contributed by atoms with Gasteiger partial charge in [-0.25, -0.2) is 4.99 Å². The van der Waals surface area contributed by atoms with Crippen LogP contribution in [0.3, 0.4) is 0 Å². The fraction of sp³-hybridized carbons (Fsp3) is 0.136. The summed E-state index contributed by atoms with van der Waals surface area (Å²) in [6, 6.07) is 28.8. The average Bonchev–Trinajstić information content (AvgIpc) is 2.64. The number of hydrogen-bond acceptors (Lipinski definition) is 2. The number of aryl methyl sites for hydroxylation is 1. The van der Waals surface area contributed by atoms with Crippen molar-refractivity contribution in [2.24, 2.45) is 4.99 Å². The maximum Gasteiger partial charge on any atom is 0.200 e. The molecule has 0 unspecified atom stereocenters. The lowest BCUT2D eigenvalue weighted by molar-refractivity contribution is 0.388. The van der Waals surface area contributed by atoms with Gasteiger partial charge in [0, 0.05) is 0 Å². The van der Waals surface area contributed by atoms with E-state index < -0.39 is 0 Å². The Morgan fingerprint density at radius 3 is 1.71 bits per heavy atom. The molecule has 0 radical (unpaired) electrons. The highest BCUT2D eigenvalue weighted by atomic mass is 16.5. The predicted octanol–water partition coefficient (Wildman–Crippen LogP) is 5.50. The van der Waals surface area contributed by atoms with Gasteiger partial charge in [-0.15, -0.1) is 0 Å². The highest BCUT2D eigenvalue weighted by Crippen LogP contribution is 2.28. The minimum Gasteiger partial charge on any atom is -0.483 e. The van der Waals surface area contributed by atoms with Gasteiger partial charge >= 0.3 is 0 Å². The van der Waals surface area contributed by atoms with E-state index in [4.69, 9.17) is 9.73 Å². The molecule has 0 aliphatic heterocycles. The van der Waals surface area contributed by atoms with Gasteiger partial charge in [-0.1, -0.05) is 78.4 Å². The van der Waals surface area contributed by atoms with Crippen molar-refractivity contribution in [1.82, 2.24) is 0 Å². The van der Waals surface area contributed by atoms with Gasteiger partial charge in [-0.3, -0.25) is 0 Å². The zero-order valence-electron chi connectivity index (χ0n) is 14.0. The number of nitrogens with zero attached hydrogens (tertiary/aromatic N) is 1. The SMILES string of the molecule is COC(=Nc1ccc(C)cc1)C(c1ccccc1)c1ccccc1. The van der Waals surface area contributed by atoms with Crippen LogP contribution in [0.4, 0.5) is 5.69 Å². The Labute approximate surface area is 143 Å². The van der Waals surface area contributed by atoms with Crippen LogP contribution < -0.4 is 0 Å². The van der Waals surface area contributed by atoms with Gasteiger partial charge in [-0.2, -0.15) is 0 Å². The molecule has 3 rings (SSSR count). The van der Waals surface area contributed by atoms with Gasteiger partial charge in [-0.05, 0) is 30.2 Å². The second-order valence-electron chi connectivity index (χ2n) is 5.74. The van der Waals surface area contributed by atoms with Crippen molar-refractivity contribution in [2.75, 3.05) is 7.11 Å². The molecule has 0 saturated heterocycles.